The van der Waals surface area contributed by atoms with Gasteiger partial charge in [-0.15, -0.1) is 0 Å². The SMILES string of the molecule is CC(C)C(=O)Nc1nc2c(ncn2[C@@H]2O[C@H](CO[C@H](C)[S+](C)C(C)(C)C)C(F)C2=O)c(=O)[nH]1. The standard InChI is InChI=1S/C21H30FN5O5S/c1-10(2)17(29)25-20-24-16-14(18(30)26-20)23-9-27(16)19-15(28)13(22)12(32-19)8-31-11(3)33(7)21(4,5)6/h9-13,19H,8H2,1-7H3,(H-,24,25,26,29,30)/p+1/t11-,12+,13?,19+,33?/m0/s1. The molecular weight excluding hydrogens is 453 g/mol. The maximum atomic E-state index is 14.8. The van der Waals surface area contributed by atoms with Gasteiger partial charge in [-0.1, -0.05) is 13.8 Å². The summed E-state index contributed by atoms with van der Waals surface area (Å²) in [5.74, 6) is -1.59. The van der Waals surface area contributed by atoms with Gasteiger partial charge in [0, 0.05) is 23.7 Å². The van der Waals surface area contributed by atoms with Crippen LogP contribution >= 0.6 is 0 Å². The van der Waals surface area contributed by atoms with Crippen molar-refractivity contribution >= 4 is 39.7 Å². The number of carbonyl (C=O) groups excluding carboxylic acids is 2. The Kier molecular flexibility index (Phi) is 7.30. The average Bonchev–Trinajstić information content (AvgIpc) is 3.26. The van der Waals surface area contributed by atoms with E-state index in [0.717, 1.165) is 0 Å². The maximum absolute atomic E-state index is 14.8. The molecule has 0 aromatic carbocycles. The lowest BCUT2D eigenvalue weighted by Gasteiger charge is -2.24. The summed E-state index contributed by atoms with van der Waals surface area (Å²) in [6.07, 6.45) is -1.06. The topological polar surface area (TPSA) is 128 Å². The number of nitrogens with one attached hydrogen (secondary N) is 2. The molecule has 0 aliphatic carbocycles. The molecule has 0 bridgehead atoms. The Hall–Kier alpha value is -2.31. The first-order valence-corrected chi connectivity index (χ1v) is 12.4. The molecule has 12 heteroatoms. The molecule has 1 amide bonds. The Morgan fingerprint density at radius 2 is 2.03 bits per heavy atom. The lowest BCUT2D eigenvalue weighted by Crippen LogP contribution is -2.38. The zero-order valence-corrected chi connectivity index (χ0v) is 20.7. The predicted molar refractivity (Wildman–Crippen MR) is 124 cm³/mol. The predicted octanol–water partition coefficient (Wildman–Crippen LogP) is 1.93. The van der Waals surface area contributed by atoms with E-state index in [1.165, 1.54) is 10.9 Å². The molecule has 2 unspecified atom stereocenters. The van der Waals surface area contributed by atoms with Crippen LogP contribution in [-0.2, 0) is 30.0 Å². The van der Waals surface area contributed by atoms with Crippen LogP contribution in [0.15, 0.2) is 11.1 Å². The van der Waals surface area contributed by atoms with Crippen LogP contribution in [0.5, 0.6) is 0 Å². The van der Waals surface area contributed by atoms with E-state index in [1.54, 1.807) is 13.8 Å². The first-order chi connectivity index (χ1) is 15.3. The number of ether oxygens (including phenoxy) is 2. The number of alkyl halides is 1. The summed E-state index contributed by atoms with van der Waals surface area (Å²) >= 11 is 0. The van der Waals surface area contributed by atoms with Gasteiger partial charge in [-0.25, -0.2) is 9.37 Å². The van der Waals surface area contributed by atoms with Crippen LogP contribution < -0.4 is 10.9 Å². The van der Waals surface area contributed by atoms with Gasteiger partial charge in [-0.05, 0) is 20.8 Å². The molecule has 2 aromatic rings. The smallest absolute Gasteiger partial charge is 0.280 e. The summed E-state index contributed by atoms with van der Waals surface area (Å²) in [6, 6.07) is 0. The van der Waals surface area contributed by atoms with Crippen molar-refractivity contribution in [1.29, 1.82) is 0 Å². The van der Waals surface area contributed by atoms with Crippen molar-refractivity contribution < 1.29 is 23.5 Å². The second kappa shape index (κ2) is 9.51. The molecule has 5 atom stereocenters. The van der Waals surface area contributed by atoms with Crippen molar-refractivity contribution in [3.05, 3.63) is 16.7 Å². The van der Waals surface area contributed by atoms with Crippen molar-refractivity contribution in [2.24, 2.45) is 5.92 Å². The Bertz CT molecular complexity index is 1090. The van der Waals surface area contributed by atoms with Crippen molar-refractivity contribution in [1.82, 2.24) is 19.5 Å². The van der Waals surface area contributed by atoms with Crippen molar-refractivity contribution in [2.45, 2.75) is 70.2 Å². The number of carbonyl (C=O) groups is 2. The molecule has 1 aliphatic rings. The number of aromatic nitrogens is 4. The molecule has 3 rings (SSSR count). The highest BCUT2D eigenvalue weighted by molar-refractivity contribution is 7.97. The third-order valence-corrected chi connectivity index (χ3v) is 8.62. The lowest BCUT2D eigenvalue weighted by molar-refractivity contribution is -0.128. The van der Waals surface area contributed by atoms with E-state index in [9.17, 15) is 18.8 Å². The van der Waals surface area contributed by atoms with E-state index < -0.39 is 29.8 Å². The van der Waals surface area contributed by atoms with E-state index in [2.05, 4.69) is 47.3 Å². The third-order valence-electron chi connectivity index (χ3n) is 5.56. The van der Waals surface area contributed by atoms with E-state index in [0.29, 0.717) is 0 Å². The second-order valence-electron chi connectivity index (χ2n) is 9.28. The Morgan fingerprint density at radius 3 is 2.64 bits per heavy atom. The van der Waals surface area contributed by atoms with E-state index in [4.69, 9.17) is 9.47 Å². The number of halogens is 1. The number of fused-ring (bicyclic) bond motifs is 1. The molecule has 1 saturated heterocycles. The van der Waals surface area contributed by atoms with Crippen LogP contribution in [0.2, 0.25) is 0 Å². The summed E-state index contributed by atoms with van der Waals surface area (Å²) in [5, 5.41) is 2.50. The number of H-pyrrole nitrogens is 1. The van der Waals surface area contributed by atoms with E-state index in [1.807, 2.05) is 6.92 Å². The van der Waals surface area contributed by atoms with E-state index >= 15 is 0 Å². The molecular formula is C21H31FN5O5S+. The van der Waals surface area contributed by atoms with Crippen LogP contribution in [0.3, 0.4) is 0 Å². The number of aromatic amines is 1. The molecule has 3 heterocycles. The van der Waals surface area contributed by atoms with Crippen LogP contribution in [0.25, 0.3) is 11.2 Å². The minimum atomic E-state index is -1.89. The minimum Gasteiger partial charge on any atom is -0.341 e. The Balaban J connectivity index is 1.81. The largest absolute Gasteiger partial charge is 0.341 e. The summed E-state index contributed by atoms with van der Waals surface area (Å²) in [5.41, 5.74) is -0.804. The van der Waals surface area contributed by atoms with E-state index in [-0.39, 0.29) is 56.6 Å². The highest BCUT2D eigenvalue weighted by atomic mass is 32.2. The number of nitrogens with zero attached hydrogens (tertiary/aromatic N) is 3. The maximum Gasteiger partial charge on any atom is 0.280 e. The van der Waals surface area contributed by atoms with Gasteiger partial charge in [0.1, 0.15) is 17.1 Å². The fourth-order valence-electron chi connectivity index (χ4n) is 3.20. The zero-order chi connectivity index (χ0) is 24.7. The molecule has 2 N–H and O–H groups in total. The van der Waals surface area contributed by atoms with Crippen LogP contribution in [0, 0.1) is 5.92 Å². The summed E-state index contributed by atoms with van der Waals surface area (Å²) in [4.78, 5) is 47.6. The Morgan fingerprint density at radius 1 is 1.36 bits per heavy atom. The molecule has 0 spiro atoms. The van der Waals surface area contributed by atoms with Gasteiger partial charge in [0.05, 0.1) is 12.9 Å². The average molecular weight is 485 g/mol. The fourth-order valence-corrected chi connectivity index (χ4v) is 4.47. The monoisotopic (exact) mass is 484 g/mol. The summed E-state index contributed by atoms with van der Waals surface area (Å²) < 4.78 is 27.6. The number of anilines is 1. The third kappa shape index (κ3) is 5.28. The summed E-state index contributed by atoms with van der Waals surface area (Å²) in [6.45, 7) is 11.5. The number of imidazole rings is 1. The normalized spacial score (nSPS) is 23.3. The number of hydrogen-bond donors (Lipinski definition) is 2. The van der Waals surface area contributed by atoms with Gasteiger partial charge in [-0.2, -0.15) is 4.98 Å². The molecule has 0 saturated carbocycles. The zero-order valence-electron chi connectivity index (χ0n) is 19.8. The first kappa shape index (κ1) is 25.3. The molecule has 33 heavy (non-hydrogen) atoms. The fraction of sp³-hybridized carbons (Fsp3) is 0.667. The van der Waals surface area contributed by atoms with Crippen molar-refractivity contribution in [3.8, 4) is 0 Å². The second-order valence-corrected chi connectivity index (χ2v) is 12.3. The van der Waals surface area contributed by atoms with Gasteiger partial charge in [0.2, 0.25) is 23.1 Å². The number of amides is 1. The van der Waals surface area contributed by atoms with Crippen LogP contribution in [0.4, 0.5) is 10.3 Å². The highest BCUT2D eigenvalue weighted by Gasteiger charge is 2.46. The minimum absolute atomic E-state index is 0.00105. The number of Topliss-reactive ketones (excluding diaryl/α,β-unsaturated/α-hetero) is 1. The van der Waals surface area contributed by atoms with Gasteiger partial charge < -0.3 is 9.47 Å². The number of hydrogen-bond acceptors (Lipinski definition) is 7. The van der Waals surface area contributed by atoms with Crippen LogP contribution in [0.1, 0.15) is 47.8 Å². The van der Waals surface area contributed by atoms with Gasteiger partial charge in [0.15, 0.2) is 23.6 Å². The Labute approximate surface area is 194 Å². The molecule has 182 valence electrons. The lowest BCUT2D eigenvalue weighted by atomic mass is 10.2. The molecule has 1 aliphatic heterocycles. The quantitative estimate of drug-likeness (QED) is 0.575. The summed E-state index contributed by atoms with van der Waals surface area (Å²) in [7, 11) is -0.106. The van der Waals surface area contributed by atoms with Crippen molar-refractivity contribution in [3.63, 3.8) is 0 Å². The van der Waals surface area contributed by atoms with Gasteiger partial charge in [0.25, 0.3) is 5.56 Å². The molecule has 0 radical (unpaired) electrons. The molecule has 1 fully saturated rings. The molecule has 10 nitrogen and oxygen atoms in total. The number of ketones is 1. The van der Waals surface area contributed by atoms with Gasteiger partial charge >= 0.3 is 0 Å². The van der Waals surface area contributed by atoms with Crippen LogP contribution in [-0.4, -0.2) is 66.5 Å². The van der Waals surface area contributed by atoms with Crippen molar-refractivity contribution in [2.75, 3.05) is 18.2 Å². The molecule has 2 aromatic heterocycles. The first-order valence-electron chi connectivity index (χ1n) is 10.7. The highest BCUT2D eigenvalue weighted by Crippen LogP contribution is 2.31. The number of rotatable bonds is 7. The van der Waals surface area contributed by atoms with Gasteiger partial charge in [-0.3, -0.25) is 29.3 Å².